The lowest BCUT2D eigenvalue weighted by molar-refractivity contribution is -0.144. The number of rotatable bonds is 4. The minimum Gasteiger partial charge on any atom is -0.236 e. The molecule has 0 aliphatic carbocycles. The van der Waals surface area contributed by atoms with Gasteiger partial charge in [0.1, 0.15) is 5.82 Å². The van der Waals surface area contributed by atoms with E-state index in [4.69, 9.17) is 0 Å². The lowest BCUT2D eigenvalue weighted by atomic mass is 10.2. The van der Waals surface area contributed by atoms with Gasteiger partial charge in [-0.05, 0) is 19.1 Å². The highest BCUT2D eigenvalue weighted by Gasteiger charge is 2.53. The Bertz CT molecular complexity index is 591. The molecule has 0 aromatic carbocycles. The van der Waals surface area contributed by atoms with Gasteiger partial charge in [-0.15, -0.1) is 0 Å². The summed E-state index contributed by atoms with van der Waals surface area (Å²) in [5.74, 6) is -3.81. The van der Waals surface area contributed by atoms with Crippen molar-refractivity contribution in [1.82, 2.24) is 14.6 Å². The van der Waals surface area contributed by atoms with E-state index in [2.05, 4.69) is 10.1 Å². The van der Waals surface area contributed by atoms with Crippen LogP contribution in [0.2, 0.25) is 0 Å². The van der Waals surface area contributed by atoms with E-state index in [1.165, 1.54) is 10.7 Å². The van der Waals surface area contributed by atoms with Gasteiger partial charge < -0.3 is 0 Å². The summed E-state index contributed by atoms with van der Waals surface area (Å²) in [7, 11) is 0. The van der Waals surface area contributed by atoms with E-state index < -0.39 is 16.3 Å². The van der Waals surface area contributed by atoms with Crippen LogP contribution in [0.25, 0.3) is 5.52 Å². The second-order valence-electron chi connectivity index (χ2n) is 4.14. The fourth-order valence-electron chi connectivity index (χ4n) is 1.72. The lowest BCUT2D eigenvalue weighted by Gasteiger charge is -2.20. The molecule has 0 fully saturated rings. The molecule has 2 aromatic rings. The Hall–Kier alpha value is -0.930. The molecule has 0 atom stereocenters. The van der Waals surface area contributed by atoms with Crippen LogP contribution in [0.5, 0.6) is 0 Å². The molecule has 2 heterocycles. The first-order chi connectivity index (χ1) is 8.72. The molecule has 19 heavy (non-hydrogen) atoms. The van der Waals surface area contributed by atoms with Crippen molar-refractivity contribution in [2.75, 3.05) is 0 Å². The molecule has 0 amide bonds. The van der Waals surface area contributed by atoms with Gasteiger partial charge >= 0.3 is 9.85 Å². The Kier molecular flexibility index (Phi) is 3.72. The molecular formula is C11H10F4IN3. The molecule has 0 spiro atoms. The fourth-order valence-corrected chi connectivity index (χ4v) is 1.99. The molecule has 0 unspecified atom stereocenters. The van der Waals surface area contributed by atoms with Crippen LogP contribution in [0.15, 0.2) is 18.3 Å². The molecule has 2 aromatic heterocycles. The minimum atomic E-state index is -4.07. The van der Waals surface area contributed by atoms with Crippen molar-refractivity contribution in [2.45, 2.75) is 29.6 Å². The Morgan fingerprint density at radius 3 is 2.63 bits per heavy atom. The zero-order valence-corrected chi connectivity index (χ0v) is 12.0. The summed E-state index contributed by atoms with van der Waals surface area (Å²) in [6, 6.07) is 3.44. The van der Waals surface area contributed by atoms with Gasteiger partial charge in [0.15, 0.2) is 0 Å². The van der Waals surface area contributed by atoms with Crippen LogP contribution in [0.1, 0.15) is 17.9 Å². The zero-order valence-electron chi connectivity index (χ0n) is 9.88. The second kappa shape index (κ2) is 4.88. The van der Waals surface area contributed by atoms with Gasteiger partial charge in [-0.2, -0.15) is 22.7 Å². The number of alkyl halides is 5. The summed E-state index contributed by atoms with van der Waals surface area (Å²) in [5, 5.41) is 3.98. The molecule has 0 N–H and O–H groups in total. The molecule has 0 saturated carbocycles. The SMILES string of the molecule is Cc1nc(CCC(F)(F)C(F)(F)I)n2ncccc12. The molecule has 0 radical (unpaired) electrons. The highest BCUT2D eigenvalue weighted by Crippen LogP contribution is 2.42. The largest absolute Gasteiger partial charge is 0.358 e. The molecule has 0 saturated heterocycles. The summed E-state index contributed by atoms with van der Waals surface area (Å²) in [5.41, 5.74) is 1.31. The van der Waals surface area contributed by atoms with Gasteiger partial charge in [0.05, 0.1) is 11.2 Å². The molecule has 2 rings (SSSR count). The van der Waals surface area contributed by atoms with E-state index in [1.54, 1.807) is 19.1 Å². The quantitative estimate of drug-likeness (QED) is 0.456. The number of halogens is 5. The van der Waals surface area contributed by atoms with Gasteiger partial charge in [-0.1, -0.05) is 0 Å². The second-order valence-corrected chi connectivity index (χ2v) is 5.49. The first-order valence-electron chi connectivity index (χ1n) is 5.46. The predicted octanol–water partition coefficient (Wildman–Crippen LogP) is 3.63. The van der Waals surface area contributed by atoms with Crippen LogP contribution in [-0.2, 0) is 6.42 Å². The highest BCUT2D eigenvalue weighted by atomic mass is 127. The number of hydrogen-bond acceptors (Lipinski definition) is 2. The molecule has 8 heteroatoms. The van der Waals surface area contributed by atoms with E-state index in [0.717, 1.165) is 0 Å². The van der Waals surface area contributed by atoms with Gasteiger partial charge in [-0.3, -0.25) is 0 Å². The number of aryl methyl sites for hydroxylation is 2. The van der Waals surface area contributed by atoms with Crippen molar-refractivity contribution in [3.63, 3.8) is 0 Å². The Morgan fingerprint density at radius 2 is 2.00 bits per heavy atom. The van der Waals surface area contributed by atoms with Gasteiger partial charge in [0.25, 0.3) is 0 Å². The zero-order chi connectivity index (χ0) is 14.3. The summed E-state index contributed by atoms with van der Waals surface area (Å²) in [6.45, 7) is 1.71. The van der Waals surface area contributed by atoms with Crippen molar-refractivity contribution in [3.8, 4) is 0 Å². The molecule has 0 bridgehead atoms. The van der Waals surface area contributed by atoms with Crippen molar-refractivity contribution >= 4 is 28.1 Å². The number of aromatic nitrogens is 3. The summed E-state index contributed by atoms with van der Waals surface area (Å²) < 4.78 is 49.2. The fraction of sp³-hybridized carbons (Fsp3) is 0.455. The average Bonchev–Trinajstić information content (AvgIpc) is 2.63. The summed E-state index contributed by atoms with van der Waals surface area (Å²) in [6.07, 6.45) is 0.248. The van der Waals surface area contributed by atoms with Gasteiger partial charge in [0.2, 0.25) is 0 Å². The van der Waals surface area contributed by atoms with Crippen molar-refractivity contribution < 1.29 is 17.6 Å². The van der Waals surface area contributed by atoms with Crippen LogP contribution < -0.4 is 0 Å². The average molecular weight is 387 g/mol. The number of fused-ring (bicyclic) bond motifs is 1. The van der Waals surface area contributed by atoms with E-state index in [9.17, 15) is 17.6 Å². The third-order valence-corrected chi connectivity index (χ3v) is 3.53. The van der Waals surface area contributed by atoms with Crippen LogP contribution in [0.3, 0.4) is 0 Å². The van der Waals surface area contributed by atoms with E-state index >= 15 is 0 Å². The topological polar surface area (TPSA) is 30.2 Å². The highest BCUT2D eigenvalue weighted by molar-refractivity contribution is 14.1. The molecule has 0 aliphatic rings. The lowest BCUT2D eigenvalue weighted by Crippen LogP contribution is -2.35. The van der Waals surface area contributed by atoms with Gasteiger partial charge in [-0.25, -0.2) is 9.50 Å². The number of hydrogen-bond donors (Lipinski definition) is 0. The maximum atomic E-state index is 13.2. The monoisotopic (exact) mass is 387 g/mol. The van der Waals surface area contributed by atoms with Crippen LogP contribution in [-0.4, -0.2) is 24.4 Å². The summed E-state index contributed by atoms with van der Waals surface area (Å²) >= 11 is 0.459. The van der Waals surface area contributed by atoms with E-state index in [-0.39, 0.29) is 12.2 Å². The van der Waals surface area contributed by atoms with Gasteiger partial charge in [0, 0.05) is 41.6 Å². The summed E-state index contributed by atoms with van der Waals surface area (Å²) in [4.78, 5) is 4.09. The smallest absolute Gasteiger partial charge is 0.236 e. The van der Waals surface area contributed by atoms with Crippen LogP contribution in [0.4, 0.5) is 17.6 Å². The number of nitrogens with zero attached hydrogens (tertiary/aromatic N) is 3. The molecule has 3 nitrogen and oxygen atoms in total. The maximum absolute atomic E-state index is 13.2. The van der Waals surface area contributed by atoms with Crippen molar-refractivity contribution in [1.29, 1.82) is 0 Å². The normalized spacial score (nSPS) is 13.2. The third-order valence-electron chi connectivity index (χ3n) is 2.74. The van der Waals surface area contributed by atoms with Crippen molar-refractivity contribution in [2.24, 2.45) is 0 Å². The Balaban J connectivity index is 2.24. The Labute approximate surface area is 120 Å². The van der Waals surface area contributed by atoms with E-state index in [0.29, 0.717) is 33.8 Å². The van der Waals surface area contributed by atoms with Crippen LogP contribution >= 0.6 is 22.6 Å². The first kappa shape index (κ1) is 14.5. The molecule has 0 aliphatic heterocycles. The predicted molar refractivity (Wildman–Crippen MR) is 70.0 cm³/mol. The molecule has 104 valence electrons. The third kappa shape index (κ3) is 2.82. The Morgan fingerprint density at radius 1 is 1.32 bits per heavy atom. The maximum Gasteiger partial charge on any atom is 0.358 e. The standard InChI is InChI=1S/C11H10F4IN3/c1-7-8-3-2-6-17-19(8)9(18-7)4-5-10(12,13)11(14,15)16/h2-3,6H,4-5H2,1H3. The van der Waals surface area contributed by atoms with E-state index in [1.807, 2.05) is 0 Å². The molecular weight excluding hydrogens is 377 g/mol. The van der Waals surface area contributed by atoms with Crippen molar-refractivity contribution in [3.05, 3.63) is 29.8 Å². The minimum absolute atomic E-state index is 0.258. The van der Waals surface area contributed by atoms with Crippen LogP contribution in [0, 0.1) is 6.92 Å². The first-order valence-corrected chi connectivity index (χ1v) is 6.54. The number of imidazole rings is 1.